The fraction of sp³-hybridized carbons (Fsp3) is 0.211. The Bertz CT molecular complexity index is 839. The number of nitrogens with zero attached hydrogens (tertiary/aromatic N) is 1. The van der Waals surface area contributed by atoms with Gasteiger partial charge in [-0.2, -0.15) is 0 Å². The maximum Gasteiger partial charge on any atom is 0.325 e. The molecule has 0 saturated carbocycles. The minimum Gasteiger partial charge on any atom is -0.325 e. The van der Waals surface area contributed by atoms with Crippen molar-refractivity contribution in [3.63, 3.8) is 0 Å². The van der Waals surface area contributed by atoms with Gasteiger partial charge < -0.3 is 10.6 Å². The molecule has 1 atom stereocenters. The van der Waals surface area contributed by atoms with Crippen molar-refractivity contribution in [1.29, 1.82) is 0 Å². The van der Waals surface area contributed by atoms with Crippen LogP contribution in [0.4, 0.5) is 10.5 Å². The lowest BCUT2D eigenvalue weighted by Gasteiger charge is -2.25. The fourth-order valence-corrected chi connectivity index (χ4v) is 3.27. The highest BCUT2D eigenvalue weighted by atomic mass is 79.9. The first kappa shape index (κ1) is 18.1. The first-order valence-electron chi connectivity index (χ1n) is 8.21. The zero-order chi connectivity index (χ0) is 18.7. The number of imide groups is 1. The van der Waals surface area contributed by atoms with Crippen LogP contribution in [0, 0.1) is 0 Å². The highest BCUT2D eigenvalue weighted by Gasteiger charge is 2.51. The second kappa shape index (κ2) is 7.29. The van der Waals surface area contributed by atoms with Crippen LogP contribution in [-0.2, 0) is 15.1 Å². The van der Waals surface area contributed by atoms with Crippen LogP contribution in [0.15, 0.2) is 59.1 Å². The first-order valence-corrected chi connectivity index (χ1v) is 9.00. The van der Waals surface area contributed by atoms with E-state index in [1.807, 2.05) is 25.1 Å². The van der Waals surface area contributed by atoms with E-state index in [-0.39, 0.29) is 6.54 Å². The predicted molar refractivity (Wildman–Crippen MR) is 101 cm³/mol. The quantitative estimate of drug-likeness (QED) is 0.735. The van der Waals surface area contributed by atoms with Gasteiger partial charge in [0.1, 0.15) is 12.1 Å². The van der Waals surface area contributed by atoms with Crippen LogP contribution in [0.1, 0.15) is 18.9 Å². The molecule has 7 heteroatoms. The molecule has 4 amide bonds. The Morgan fingerprint density at radius 1 is 1.12 bits per heavy atom. The fourth-order valence-electron chi connectivity index (χ4n) is 3.01. The maximum atomic E-state index is 13.0. The van der Waals surface area contributed by atoms with Crippen molar-refractivity contribution in [1.82, 2.24) is 10.2 Å². The summed E-state index contributed by atoms with van der Waals surface area (Å²) in [5, 5.41) is 5.45. The summed E-state index contributed by atoms with van der Waals surface area (Å²) >= 11 is 3.32. The average molecular weight is 416 g/mol. The number of benzene rings is 2. The minimum atomic E-state index is -1.13. The molecule has 1 fully saturated rings. The summed E-state index contributed by atoms with van der Waals surface area (Å²) in [7, 11) is 0. The van der Waals surface area contributed by atoms with Gasteiger partial charge >= 0.3 is 6.03 Å². The van der Waals surface area contributed by atoms with Gasteiger partial charge in [0, 0.05) is 10.2 Å². The third kappa shape index (κ3) is 3.35. The largest absolute Gasteiger partial charge is 0.325 e. The number of hydrogen-bond donors (Lipinski definition) is 2. The van der Waals surface area contributed by atoms with Crippen molar-refractivity contribution in [3.8, 4) is 0 Å². The average Bonchev–Trinajstić information content (AvgIpc) is 2.89. The Balaban J connectivity index is 1.76. The SMILES string of the molecule is CC[C@]1(c2ccccc2)NC(=O)N(CC(=O)Nc2ccc(Br)cc2)C1=O. The second-order valence-corrected chi connectivity index (χ2v) is 6.92. The Hall–Kier alpha value is -2.67. The van der Waals surface area contributed by atoms with Crippen molar-refractivity contribution in [3.05, 3.63) is 64.6 Å². The number of urea groups is 1. The summed E-state index contributed by atoms with van der Waals surface area (Å²) in [5.74, 6) is -0.849. The third-order valence-corrected chi connectivity index (χ3v) is 4.93. The smallest absolute Gasteiger partial charge is 0.325 e. The Morgan fingerprint density at radius 3 is 2.38 bits per heavy atom. The van der Waals surface area contributed by atoms with Crippen LogP contribution < -0.4 is 10.6 Å². The van der Waals surface area contributed by atoms with Crippen molar-refractivity contribution in [2.24, 2.45) is 0 Å². The highest BCUT2D eigenvalue weighted by molar-refractivity contribution is 9.10. The van der Waals surface area contributed by atoms with Crippen LogP contribution in [0.2, 0.25) is 0 Å². The van der Waals surface area contributed by atoms with E-state index in [4.69, 9.17) is 0 Å². The zero-order valence-electron chi connectivity index (χ0n) is 14.2. The van der Waals surface area contributed by atoms with Crippen LogP contribution in [0.25, 0.3) is 0 Å². The Labute approximate surface area is 159 Å². The van der Waals surface area contributed by atoms with Gasteiger partial charge in [0.2, 0.25) is 5.91 Å². The van der Waals surface area contributed by atoms with E-state index >= 15 is 0 Å². The van der Waals surface area contributed by atoms with Crippen molar-refractivity contribution in [2.45, 2.75) is 18.9 Å². The zero-order valence-corrected chi connectivity index (χ0v) is 15.7. The summed E-state index contributed by atoms with van der Waals surface area (Å²) < 4.78 is 0.889. The van der Waals surface area contributed by atoms with Gasteiger partial charge in [0.05, 0.1) is 0 Å². The van der Waals surface area contributed by atoms with Crippen molar-refractivity contribution in [2.75, 3.05) is 11.9 Å². The number of rotatable bonds is 5. The minimum absolute atomic E-state index is 0.338. The number of nitrogens with one attached hydrogen (secondary N) is 2. The number of anilines is 1. The molecule has 0 aromatic heterocycles. The molecule has 6 nitrogen and oxygen atoms in total. The van der Waals surface area contributed by atoms with E-state index in [9.17, 15) is 14.4 Å². The standard InChI is InChI=1S/C19H18BrN3O3/c1-2-19(13-6-4-3-5-7-13)17(25)23(18(26)22-19)12-16(24)21-15-10-8-14(20)9-11-15/h3-11H,2,12H2,1H3,(H,21,24)(H,22,26)/t19-/m1/s1. The predicted octanol–water partition coefficient (Wildman–Crippen LogP) is 3.24. The molecular weight excluding hydrogens is 398 g/mol. The summed E-state index contributed by atoms with van der Waals surface area (Å²) in [6.07, 6.45) is 0.395. The molecule has 2 aromatic rings. The molecule has 0 unspecified atom stereocenters. The molecule has 0 spiro atoms. The van der Waals surface area contributed by atoms with Gasteiger partial charge in [-0.15, -0.1) is 0 Å². The van der Waals surface area contributed by atoms with Crippen molar-refractivity contribution >= 4 is 39.5 Å². The van der Waals surface area contributed by atoms with Crippen molar-refractivity contribution < 1.29 is 14.4 Å². The normalized spacial score (nSPS) is 19.4. The van der Waals surface area contributed by atoms with E-state index in [1.54, 1.807) is 36.4 Å². The molecule has 1 aliphatic heterocycles. The van der Waals surface area contributed by atoms with E-state index < -0.39 is 23.4 Å². The lowest BCUT2D eigenvalue weighted by Crippen LogP contribution is -2.44. The van der Waals surface area contributed by atoms with Gasteiger partial charge in [-0.05, 0) is 36.2 Å². The molecule has 0 bridgehead atoms. The van der Waals surface area contributed by atoms with E-state index in [1.165, 1.54) is 0 Å². The van der Waals surface area contributed by atoms with Gasteiger partial charge in [0.25, 0.3) is 5.91 Å². The van der Waals surface area contributed by atoms with Crippen LogP contribution in [-0.4, -0.2) is 29.3 Å². The Morgan fingerprint density at radius 2 is 1.77 bits per heavy atom. The Kier molecular flexibility index (Phi) is 5.08. The van der Waals surface area contributed by atoms with Crippen LogP contribution in [0.3, 0.4) is 0 Å². The topological polar surface area (TPSA) is 78.5 Å². The van der Waals surface area contributed by atoms with Gasteiger partial charge in [-0.25, -0.2) is 4.79 Å². The molecule has 1 aliphatic rings. The molecule has 2 N–H and O–H groups in total. The molecule has 2 aromatic carbocycles. The number of halogens is 1. The maximum absolute atomic E-state index is 13.0. The lowest BCUT2D eigenvalue weighted by molar-refractivity contribution is -0.134. The summed E-state index contributed by atoms with van der Waals surface area (Å²) in [5.41, 5.74) is 0.169. The monoisotopic (exact) mass is 415 g/mol. The molecule has 134 valence electrons. The summed E-state index contributed by atoms with van der Waals surface area (Å²) in [6.45, 7) is 1.49. The number of hydrogen-bond acceptors (Lipinski definition) is 3. The highest BCUT2D eigenvalue weighted by Crippen LogP contribution is 2.32. The number of amides is 4. The number of carbonyl (C=O) groups is 3. The van der Waals surface area contributed by atoms with Crippen LogP contribution in [0.5, 0.6) is 0 Å². The van der Waals surface area contributed by atoms with Gasteiger partial charge in [0.15, 0.2) is 0 Å². The number of carbonyl (C=O) groups excluding carboxylic acids is 3. The molecule has 0 aliphatic carbocycles. The molecular formula is C19H18BrN3O3. The third-order valence-electron chi connectivity index (χ3n) is 4.40. The van der Waals surface area contributed by atoms with E-state index in [0.717, 1.165) is 9.37 Å². The lowest BCUT2D eigenvalue weighted by atomic mass is 9.87. The summed E-state index contributed by atoms with van der Waals surface area (Å²) in [4.78, 5) is 38.6. The molecule has 26 heavy (non-hydrogen) atoms. The molecule has 0 radical (unpaired) electrons. The molecule has 1 saturated heterocycles. The van der Waals surface area contributed by atoms with E-state index in [2.05, 4.69) is 26.6 Å². The first-order chi connectivity index (χ1) is 12.5. The van der Waals surface area contributed by atoms with E-state index in [0.29, 0.717) is 17.7 Å². The summed E-state index contributed by atoms with van der Waals surface area (Å²) in [6, 6.07) is 15.6. The molecule has 1 heterocycles. The van der Waals surface area contributed by atoms with Gasteiger partial charge in [-0.1, -0.05) is 53.2 Å². The second-order valence-electron chi connectivity index (χ2n) is 6.00. The molecule has 3 rings (SSSR count). The van der Waals surface area contributed by atoms with Gasteiger partial charge in [-0.3, -0.25) is 14.5 Å². The van der Waals surface area contributed by atoms with Crippen LogP contribution >= 0.6 is 15.9 Å².